The molecule has 4 rings (SSSR count). The Kier molecular flexibility index (Phi) is 6.21. The van der Waals surface area contributed by atoms with Gasteiger partial charge in [0.05, 0.1) is 0 Å². The number of para-hydroxylation sites is 1. The number of hydrogen-bond donors (Lipinski definition) is 2. The number of benzene rings is 1. The van der Waals surface area contributed by atoms with E-state index in [0.29, 0.717) is 23.0 Å². The van der Waals surface area contributed by atoms with Crippen LogP contribution in [-0.4, -0.2) is 34.2 Å². The van der Waals surface area contributed by atoms with Gasteiger partial charge in [-0.1, -0.05) is 31.0 Å². The van der Waals surface area contributed by atoms with Gasteiger partial charge in [-0.2, -0.15) is 9.97 Å². The molecule has 1 saturated heterocycles. The van der Waals surface area contributed by atoms with Gasteiger partial charge >= 0.3 is 0 Å². The zero-order valence-corrected chi connectivity index (χ0v) is 16.9. The third-order valence-corrected chi connectivity index (χ3v) is 5.47. The molecule has 1 aromatic heterocycles. The molecule has 0 unspecified atom stereocenters. The Morgan fingerprint density at radius 3 is 2.50 bits per heavy atom. The van der Waals surface area contributed by atoms with Crippen LogP contribution in [0, 0.1) is 0 Å². The zero-order chi connectivity index (χ0) is 19.2. The second kappa shape index (κ2) is 9.19. The predicted octanol–water partition coefficient (Wildman–Crippen LogP) is 4.49. The normalized spacial score (nSPS) is 17.4. The topological polar surface area (TPSA) is 62.3 Å². The van der Waals surface area contributed by atoms with Crippen molar-refractivity contribution in [2.24, 2.45) is 0 Å². The largest absolute Gasteiger partial charge is 0.439 e. The van der Waals surface area contributed by atoms with Crippen molar-refractivity contribution in [1.29, 1.82) is 0 Å². The SMILES string of the molecule is S=C(Nc1nc(Oc2ccccc2)cc(N2CCCCC2)n1)NC1CCCC1. The molecule has 1 aromatic carbocycles. The van der Waals surface area contributed by atoms with E-state index in [1.165, 1.54) is 44.9 Å². The van der Waals surface area contributed by atoms with Gasteiger partial charge in [0.1, 0.15) is 11.6 Å². The maximum absolute atomic E-state index is 5.98. The summed E-state index contributed by atoms with van der Waals surface area (Å²) >= 11 is 5.49. The summed E-state index contributed by atoms with van der Waals surface area (Å²) in [6.07, 6.45) is 8.49. The molecule has 1 aliphatic heterocycles. The van der Waals surface area contributed by atoms with Crippen molar-refractivity contribution in [2.75, 3.05) is 23.3 Å². The smallest absolute Gasteiger partial charge is 0.234 e. The summed E-state index contributed by atoms with van der Waals surface area (Å²) in [5.74, 6) is 2.63. The lowest BCUT2D eigenvalue weighted by molar-refractivity contribution is 0.461. The molecule has 7 heteroatoms. The lowest BCUT2D eigenvalue weighted by atomic mass is 10.1. The van der Waals surface area contributed by atoms with Crippen LogP contribution in [0.25, 0.3) is 0 Å². The first-order valence-electron chi connectivity index (χ1n) is 10.2. The summed E-state index contributed by atoms with van der Waals surface area (Å²) in [5, 5.41) is 7.12. The summed E-state index contributed by atoms with van der Waals surface area (Å²) < 4.78 is 5.98. The van der Waals surface area contributed by atoms with E-state index in [1.807, 2.05) is 36.4 Å². The first-order valence-corrected chi connectivity index (χ1v) is 10.6. The second-order valence-electron chi connectivity index (χ2n) is 7.43. The van der Waals surface area contributed by atoms with E-state index in [4.69, 9.17) is 21.9 Å². The highest BCUT2D eigenvalue weighted by Gasteiger charge is 2.18. The lowest BCUT2D eigenvalue weighted by Crippen LogP contribution is -2.36. The number of rotatable bonds is 5. The fourth-order valence-electron chi connectivity index (χ4n) is 3.81. The molecule has 2 heterocycles. The molecule has 2 aromatic rings. The van der Waals surface area contributed by atoms with Crippen molar-refractivity contribution >= 4 is 29.1 Å². The molecule has 2 fully saturated rings. The van der Waals surface area contributed by atoms with Gasteiger partial charge in [0, 0.05) is 25.2 Å². The Morgan fingerprint density at radius 2 is 1.75 bits per heavy atom. The van der Waals surface area contributed by atoms with Gasteiger partial charge in [0.15, 0.2) is 5.11 Å². The van der Waals surface area contributed by atoms with Crippen molar-refractivity contribution in [3.05, 3.63) is 36.4 Å². The number of piperidine rings is 1. The van der Waals surface area contributed by atoms with Crippen LogP contribution in [0.1, 0.15) is 44.9 Å². The molecule has 148 valence electrons. The van der Waals surface area contributed by atoms with E-state index >= 15 is 0 Å². The van der Waals surface area contributed by atoms with E-state index in [1.54, 1.807) is 0 Å². The monoisotopic (exact) mass is 397 g/mol. The van der Waals surface area contributed by atoms with Crippen molar-refractivity contribution in [1.82, 2.24) is 15.3 Å². The molecular weight excluding hydrogens is 370 g/mol. The summed E-state index contributed by atoms with van der Waals surface area (Å²) in [6, 6.07) is 12.1. The van der Waals surface area contributed by atoms with E-state index in [0.717, 1.165) is 24.7 Å². The van der Waals surface area contributed by atoms with Crippen LogP contribution in [0.15, 0.2) is 36.4 Å². The molecule has 1 aliphatic carbocycles. The van der Waals surface area contributed by atoms with E-state index in [2.05, 4.69) is 20.5 Å². The van der Waals surface area contributed by atoms with Crippen molar-refractivity contribution in [2.45, 2.75) is 51.0 Å². The minimum Gasteiger partial charge on any atom is -0.439 e. The van der Waals surface area contributed by atoms with Crippen molar-refractivity contribution < 1.29 is 4.74 Å². The molecular formula is C21H27N5OS. The average molecular weight is 398 g/mol. The highest BCUT2D eigenvalue weighted by molar-refractivity contribution is 7.80. The predicted molar refractivity (Wildman–Crippen MR) is 116 cm³/mol. The number of aromatic nitrogens is 2. The summed E-state index contributed by atoms with van der Waals surface area (Å²) in [7, 11) is 0. The van der Waals surface area contributed by atoms with Crippen LogP contribution >= 0.6 is 12.2 Å². The summed E-state index contributed by atoms with van der Waals surface area (Å²) in [5.41, 5.74) is 0. The highest BCUT2D eigenvalue weighted by atomic mass is 32.1. The molecule has 0 radical (unpaired) electrons. The maximum Gasteiger partial charge on any atom is 0.234 e. The quantitative estimate of drug-likeness (QED) is 0.721. The van der Waals surface area contributed by atoms with Gasteiger partial charge in [-0.3, -0.25) is 0 Å². The fourth-order valence-corrected chi connectivity index (χ4v) is 4.07. The Morgan fingerprint density at radius 1 is 1.00 bits per heavy atom. The summed E-state index contributed by atoms with van der Waals surface area (Å²) in [4.78, 5) is 11.5. The molecule has 0 bridgehead atoms. The Labute approximate surface area is 171 Å². The number of nitrogens with one attached hydrogen (secondary N) is 2. The standard InChI is InChI=1S/C21H27N5OS/c28-21(22-16-9-5-6-10-16)25-20-23-18(26-13-7-2-8-14-26)15-19(24-20)27-17-11-3-1-4-12-17/h1,3-4,11-12,15-16H,2,5-10,13-14H2,(H2,22,23,24,25,28). The van der Waals surface area contributed by atoms with E-state index in [9.17, 15) is 0 Å². The van der Waals surface area contributed by atoms with Gasteiger partial charge in [0.2, 0.25) is 11.8 Å². The maximum atomic E-state index is 5.98. The Balaban J connectivity index is 1.53. The molecule has 2 aliphatic rings. The van der Waals surface area contributed by atoms with Crippen LogP contribution < -0.4 is 20.3 Å². The average Bonchev–Trinajstić information content (AvgIpc) is 3.22. The number of nitrogens with zero attached hydrogens (tertiary/aromatic N) is 3. The lowest BCUT2D eigenvalue weighted by Gasteiger charge is -2.28. The van der Waals surface area contributed by atoms with Gasteiger partial charge in [-0.05, 0) is 56.5 Å². The fraction of sp³-hybridized carbons (Fsp3) is 0.476. The van der Waals surface area contributed by atoms with Gasteiger partial charge in [-0.25, -0.2) is 0 Å². The first kappa shape index (κ1) is 18.9. The molecule has 0 amide bonds. The van der Waals surface area contributed by atoms with Crippen LogP contribution in [-0.2, 0) is 0 Å². The Bertz CT molecular complexity index is 789. The van der Waals surface area contributed by atoms with Crippen molar-refractivity contribution in [3.8, 4) is 11.6 Å². The summed E-state index contributed by atoms with van der Waals surface area (Å²) in [6.45, 7) is 2.01. The zero-order valence-electron chi connectivity index (χ0n) is 16.1. The third kappa shape index (κ3) is 5.10. The van der Waals surface area contributed by atoms with E-state index in [-0.39, 0.29) is 0 Å². The minimum atomic E-state index is 0.449. The van der Waals surface area contributed by atoms with Gasteiger partial charge in [0.25, 0.3) is 0 Å². The number of hydrogen-bond acceptors (Lipinski definition) is 5. The first-order chi connectivity index (χ1) is 13.8. The van der Waals surface area contributed by atoms with Crippen LogP contribution in [0.3, 0.4) is 0 Å². The van der Waals surface area contributed by atoms with E-state index < -0.39 is 0 Å². The van der Waals surface area contributed by atoms with Crippen LogP contribution in [0.5, 0.6) is 11.6 Å². The molecule has 0 atom stereocenters. The van der Waals surface area contributed by atoms with Crippen LogP contribution in [0.4, 0.5) is 11.8 Å². The molecule has 1 saturated carbocycles. The second-order valence-corrected chi connectivity index (χ2v) is 7.84. The molecule has 0 spiro atoms. The highest BCUT2D eigenvalue weighted by Crippen LogP contribution is 2.26. The van der Waals surface area contributed by atoms with Crippen molar-refractivity contribution in [3.63, 3.8) is 0 Å². The number of anilines is 2. The van der Waals surface area contributed by atoms with Gasteiger partial charge in [-0.15, -0.1) is 0 Å². The number of thiocarbonyl (C=S) groups is 1. The molecule has 6 nitrogen and oxygen atoms in total. The number of ether oxygens (including phenoxy) is 1. The molecule has 28 heavy (non-hydrogen) atoms. The third-order valence-electron chi connectivity index (χ3n) is 5.25. The minimum absolute atomic E-state index is 0.449. The van der Waals surface area contributed by atoms with Crippen LogP contribution in [0.2, 0.25) is 0 Å². The molecule has 2 N–H and O–H groups in total. The Hall–Kier alpha value is -2.41. The van der Waals surface area contributed by atoms with Gasteiger partial charge < -0.3 is 20.3 Å².